The van der Waals surface area contributed by atoms with Gasteiger partial charge in [0.2, 0.25) is 12.8 Å². The van der Waals surface area contributed by atoms with Crippen LogP contribution in [-0.2, 0) is 14.4 Å². The average Bonchev–Trinajstić information content (AvgIpc) is 3.24. The fraction of sp³-hybridized carbons (Fsp3) is 0.444. The van der Waals surface area contributed by atoms with Crippen molar-refractivity contribution in [1.29, 1.82) is 0 Å². The van der Waals surface area contributed by atoms with Gasteiger partial charge in [-0.05, 0) is 34.7 Å². The molecule has 1 saturated carbocycles. The van der Waals surface area contributed by atoms with E-state index in [1.807, 2.05) is 6.07 Å². The highest BCUT2D eigenvalue weighted by Gasteiger charge is 2.33. The van der Waals surface area contributed by atoms with E-state index < -0.39 is 0 Å². The van der Waals surface area contributed by atoms with Gasteiger partial charge in [-0.2, -0.15) is 0 Å². The van der Waals surface area contributed by atoms with Crippen LogP contribution in [0.3, 0.4) is 0 Å². The fourth-order valence-electron chi connectivity index (χ4n) is 3.88. The van der Waals surface area contributed by atoms with Crippen molar-refractivity contribution in [3.8, 4) is 0 Å². The van der Waals surface area contributed by atoms with Crippen LogP contribution in [0, 0.1) is 11.2 Å². The summed E-state index contributed by atoms with van der Waals surface area (Å²) >= 11 is 11.9. The van der Waals surface area contributed by atoms with Gasteiger partial charge in [0, 0.05) is 54.5 Å². The molecule has 1 aliphatic carbocycles. The highest BCUT2D eigenvalue weighted by Crippen LogP contribution is 2.41. The molecule has 0 spiro atoms. The van der Waals surface area contributed by atoms with Gasteiger partial charge in [-0.25, -0.2) is 4.39 Å². The lowest BCUT2D eigenvalue weighted by Gasteiger charge is -2.22. The number of halogens is 3. The van der Waals surface area contributed by atoms with Gasteiger partial charge in [0.1, 0.15) is 11.6 Å². The average molecular weight is 538 g/mol. The maximum atomic E-state index is 14.4. The molecule has 2 amide bonds. The predicted octanol–water partition coefficient (Wildman–Crippen LogP) is 5.69. The standard InChI is InChI=1S/C17H15Cl2FN2O.C5H7NO2.C5H12/c18-10-4-5-11(16(6-10)22-9-23)13-7-21-8-14(13)12-2-1-3-15(19)17(12)20;7-3-6-4-1-5(8)2-4;1-5(2,3)4/h1-6,9,13-14,21H,7-8H2,(H,22,23);3-4H,1-2H2,(H,6,7);1-4H3. The van der Waals surface area contributed by atoms with Crippen LogP contribution in [0.25, 0.3) is 0 Å². The van der Waals surface area contributed by atoms with Crippen LogP contribution in [0.5, 0.6) is 0 Å². The summed E-state index contributed by atoms with van der Waals surface area (Å²) in [5, 5.41) is 9.14. The molecule has 1 aliphatic heterocycles. The van der Waals surface area contributed by atoms with Crippen molar-refractivity contribution in [2.75, 3.05) is 18.4 Å². The molecule has 2 aromatic carbocycles. The Morgan fingerprint density at radius 1 is 0.972 bits per heavy atom. The third kappa shape index (κ3) is 9.19. The van der Waals surface area contributed by atoms with E-state index >= 15 is 0 Å². The Hall–Kier alpha value is -2.48. The number of nitrogens with one attached hydrogen (secondary N) is 3. The van der Waals surface area contributed by atoms with Crippen molar-refractivity contribution in [3.63, 3.8) is 0 Å². The number of carbonyl (C=O) groups is 3. The molecular weight excluding hydrogens is 504 g/mol. The monoisotopic (exact) mass is 537 g/mol. The fourth-order valence-corrected chi connectivity index (χ4v) is 4.24. The molecule has 3 N–H and O–H groups in total. The van der Waals surface area contributed by atoms with E-state index in [1.54, 1.807) is 30.3 Å². The van der Waals surface area contributed by atoms with Crippen LogP contribution in [-0.4, -0.2) is 37.7 Å². The Kier molecular flexibility index (Phi) is 11.3. The molecule has 4 rings (SSSR count). The van der Waals surface area contributed by atoms with Crippen molar-refractivity contribution >= 4 is 47.5 Å². The minimum absolute atomic E-state index is 0.0164. The topological polar surface area (TPSA) is 87.3 Å². The van der Waals surface area contributed by atoms with Crippen molar-refractivity contribution in [2.45, 2.75) is 58.4 Å². The number of hydrogen-bond donors (Lipinski definition) is 3. The van der Waals surface area contributed by atoms with Crippen LogP contribution in [0.4, 0.5) is 10.1 Å². The maximum absolute atomic E-state index is 14.4. The van der Waals surface area contributed by atoms with Crippen LogP contribution >= 0.6 is 23.2 Å². The summed E-state index contributed by atoms with van der Waals surface area (Å²) in [5.74, 6) is -0.194. The van der Waals surface area contributed by atoms with E-state index in [4.69, 9.17) is 23.2 Å². The molecule has 0 aromatic heterocycles. The lowest BCUT2D eigenvalue weighted by atomic mass is 9.83. The quantitative estimate of drug-likeness (QED) is 0.413. The number of benzene rings is 2. The van der Waals surface area contributed by atoms with E-state index in [0.717, 1.165) is 5.56 Å². The summed E-state index contributed by atoms with van der Waals surface area (Å²) in [6, 6.07) is 10.5. The van der Waals surface area contributed by atoms with Gasteiger partial charge in [0.05, 0.1) is 5.02 Å². The van der Waals surface area contributed by atoms with Crippen molar-refractivity contribution < 1.29 is 18.8 Å². The molecule has 196 valence electrons. The van der Waals surface area contributed by atoms with Gasteiger partial charge in [-0.15, -0.1) is 0 Å². The van der Waals surface area contributed by atoms with Gasteiger partial charge in [0.25, 0.3) is 0 Å². The number of carbonyl (C=O) groups excluding carboxylic acids is 3. The van der Waals surface area contributed by atoms with Gasteiger partial charge in [-0.1, -0.05) is 69.1 Å². The van der Waals surface area contributed by atoms with Crippen molar-refractivity contribution in [2.24, 2.45) is 5.41 Å². The van der Waals surface area contributed by atoms with Crippen LogP contribution in [0.15, 0.2) is 36.4 Å². The SMILES string of the molecule is CC(C)(C)C.O=CNC1CC(=O)C1.O=CNc1cc(Cl)ccc1C1CNCC1c1cccc(Cl)c1F. The second-order valence-corrected chi connectivity index (χ2v) is 11.3. The Morgan fingerprint density at radius 2 is 1.58 bits per heavy atom. The first-order chi connectivity index (χ1) is 16.9. The number of amides is 2. The van der Waals surface area contributed by atoms with E-state index in [0.29, 0.717) is 60.4 Å². The molecule has 0 radical (unpaired) electrons. The molecule has 0 bridgehead atoms. The van der Waals surface area contributed by atoms with Gasteiger partial charge >= 0.3 is 0 Å². The second-order valence-electron chi connectivity index (χ2n) is 10.4. The highest BCUT2D eigenvalue weighted by molar-refractivity contribution is 6.31. The van der Waals surface area contributed by atoms with Gasteiger partial charge in [-0.3, -0.25) is 14.4 Å². The lowest BCUT2D eigenvalue weighted by Crippen LogP contribution is -2.40. The molecule has 2 aromatic rings. The molecule has 9 heteroatoms. The van der Waals surface area contributed by atoms with Gasteiger partial charge in [0.15, 0.2) is 0 Å². The highest BCUT2D eigenvalue weighted by atomic mass is 35.5. The third-order valence-electron chi connectivity index (χ3n) is 5.48. The van der Waals surface area contributed by atoms with E-state index in [2.05, 4.69) is 43.6 Å². The van der Waals surface area contributed by atoms with Gasteiger partial charge < -0.3 is 16.0 Å². The van der Waals surface area contributed by atoms with Crippen molar-refractivity contribution in [1.82, 2.24) is 10.6 Å². The summed E-state index contributed by atoms with van der Waals surface area (Å²) < 4.78 is 14.4. The summed E-state index contributed by atoms with van der Waals surface area (Å²) in [4.78, 5) is 30.8. The summed E-state index contributed by atoms with van der Waals surface area (Å²) in [6.07, 6.45) is 2.31. The smallest absolute Gasteiger partial charge is 0.211 e. The summed E-state index contributed by atoms with van der Waals surface area (Å²) in [6.45, 7) is 10.1. The minimum atomic E-state index is -0.383. The summed E-state index contributed by atoms with van der Waals surface area (Å²) in [5.41, 5.74) is 2.66. The Balaban J connectivity index is 0.000000288. The molecular formula is C27H34Cl2FN3O3. The summed E-state index contributed by atoms with van der Waals surface area (Å²) in [7, 11) is 0. The number of hydrogen-bond acceptors (Lipinski definition) is 4. The molecule has 1 heterocycles. The first-order valence-corrected chi connectivity index (χ1v) is 12.6. The molecule has 2 unspecified atom stereocenters. The normalized spacial score (nSPS) is 19.1. The third-order valence-corrected chi connectivity index (χ3v) is 6.00. The van der Waals surface area contributed by atoms with E-state index in [9.17, 15) is 18.8 Å². The van der Waals surface area contributed by atoms with Crippen LogP contribution in [0.2, 0.25) is 10.0 Å². The zero-order valence-corrected chi connectivity index (χ0v) is 22.5. The molecule has 2 aliphatic rings. The maximum Gasteiger partial charge on any atom is 0.211 e. The predicted molar refractivity (Wildman–Crippen MR) is 143 cm³/mol. The molecule has 2 fully saturated rings. The number of rotatable bonds is 6. The Bertz CT molecular complexity index is 1040. The molecule has 1 saturated heterocycles. The molecule has 6 nitrogen and oxygen atoms in total. The molecule has 36 heavy (non-hydrogen) atoms. The zero-order valence-electron chi connectivity index (χ0n) is 21.0. The van der Waals surface area contributed by atoms with Crippen molar-refractivity contribution in [3.05, 3.63) is 63.4 Å². The van der Waals surface area contributed by atoms with Crippen LogP contribution in [0.1, 0.15) is 63.5 Å². The van der Waals surface area contributed by atoms with E-state index in [-0.39, 0.29) is 34.5 Å². The van der Waals surface area contributed by atoms with Crippen LogP contribution < -0.4 is 16.0 Å². The largest absolute Gasteiger partial charge is 0.355 e. The lowest BCUT2D eigenvalue weighted by molar-refractivity contribution is -0.126. The number of anilines is 1. The second kappa shape index (κ2) is 13.7. The first-order valence-electron chi connectivity index (χ1n) is 11.8. The number of Topliss-reactive ketones (excluding diaryl/α,β-unsaturated/α-hetero) is 1. The Morgan fingerprint density at radius 3 is 2.14 bits per heavy atom. The number of ketones is 1. The Labute approximate surface area is 222 Å². The minimum Gasteiger partial charge on any atom is -0.355 e. The first kappa shape index (κ1) is 29.7. The zero-order chi connectivity index (χ0) is 26.9. The van der Waals surface area contributed by atoms with E-state index in [1.165, 1.54) is 0 Å². The molecule has 2 atom stereocenters.